The Balaban J connectivity index is 2.19. The molecule has 0 fully saturated rings. The molecule has 2 aromatic carbocycles. The Morgan fingerprint density at radius 2 is 1.66 bits per heavy atom. The molecule has 0 radical (unpaired) electrons. The lowest BCUT2D eigenvalue weighted by Crippen LogP contribution is -2.49. The molecule has 3 N–H and O–H groups in total. The highest BCUT2D eigenvalue weighted by atomic mass is 32.2. The van der Waals surface area contributed by atoms with E-state index in [1.54, 1.807) is 26.0 Å². The van der Waals surface area contributed by atoms with E-state index < -0.39 is 42.1 Å². The van der Waals surface area contributed by atoms with Crippen LogP contribution in [0.15, 0.2) is 47.4 Å². The van der Waals surface area contributed by atoms with Crippen LogP contribution < -0.4 is 5.32 Å². The molecule has 0 unspecified atom stereocenters. The second-order valence-electron chi connectivity index (χ2n) is 8.11. The summed E-state index contributed by atoms with van der Waals surface area (Å²) < 4.78 is 32.3. The zero-order valence-corrected chi connectivity index (χ0v) is 19.9. The lowest BCUT2D eigenvalue weighted by atomic mass is 10.0. The molecule has 32 heavy (non-hydrogen) atoms. The third kappa shape index (κ3) is 7.14. The van der Waals surface area contributed by atoms with E-state index in [9.17, 15) is 23.3 Å². The zero-order valence-electron chi connectivity index (χ0n) is 19.1. The molecule has 174 valence electrons. The fraction of sp³-hybridized carbons (Fsp3) is 0.409. The van der Waals surface area contributed by atoms with Crippen LogP contribution in [0.25, 0.3) is 0 Å². The molecule has 0 aliphatic carbocycles. The Hall–Kier alpha value is -2.24. The number of hydrogen-bond acceptors (Lipinski definition) is 6. The van der Waals surface area contributed by atoms with Crippen LogP contribution in [0.4, 0.5) is 0 Å². The number of hydrogen-bond donors (Lipinski definition) is 3. The monoisotopic (exact) mass is 462 g/mol. The number of nitrogens with one attached hydrogen (secondary N) is 1. The molecule has 0 heterocycles. The summed E-state index contributed by atoms with van der Waals surface area (Å²) in [5, 5.41) is 21.1. The molecule has 0 aromatic heterocycles. The Labute approximate surface area is 190 Å². The molecule has 0 saturated heterocycles. The molecule has 1 atom stereocenters. The first kappa shape index (κ1) is 26.0. The molecule has 1 amide bonds. The molecule has 0 aliphatic rings. The number of rotatable bonds is 10. The van der Waals surface area contributed by atoms with Gasteiger partial charge < -0.3 is 20.0 Å². The van der Waals surface area contributed by atoms with Gasteiger partial charge in [-0.1, -0.05) is 41.5 Å². The molecule has 10 heteroatoms. The summed E-state index contributed by atoms with van der Waals surface area (Å²) in [4.78, 5) is 12.8. The molecule has 0 saturated carbocycles. The molecule has 0 bridgehead atoms. The van der Waals surface area contributed by atoms with Crippen molar-refractivity contribution in [3.05, 3.63) is 64.7 Å². The zero-order chi connectivity index (χ0) is 24.1. The maximum absolute atomic E-state index is 13.1. The predicted molar refractivity (Wildman–Crippen MR) is 123 cm³/mol. The van der Waals surface area contributed by atoms with Crippen LogP contribution in [0.3, 0.4) is 0 Å². The summed E-state index contributed by atoms with van der Waals surface area (Å²) in [6, 6.07) is 11.7. The largest absolute Gasteiger partial charge is 0.635 e. The maximum atomic E-state index is 13.1. The average Bonchev–Trinajstić information content (AvgIpc) is 2.67. The van der Waals surface area contributed by atoms with Crippen LogP contribution in [0, 0.1) is 20.8 Å². The molecule has 2 rings (SSSR count). The van der Waals surface area contributed by atoms with Gasteiger partial charge in [0, 0.05) is 12.5 Å². The van der Waals surface area contributed by atoms with Crippen molar-refractivity contribution in [2.24, 2.45) is 0 Å². The Morgan fingerprint density at radius 1 is 1.06 bits per heavy atom. The first-order chi connectivity index (χ1) is 14.9. The van der Waals surface area contributed by atoms with E-state index in [1.807, 2.05) is 39.0 Å². The summed E-state index contributed by atoms with van der Waals surface area (Å²) in [5.74, 6) is -0.621. The highest BCUT2D eigenvalue weighted by Gasteiger charge is 2.30. The lowest BCUT2D eigenvalue weighted by Gasteiger charge is -2.27. The lowest BCUT2D eigenvalue weighted by molar-refractivity contribution is -0.124. The third-order valence-electron chi connectivity index (χ3n) is 5.01. The van der Waals surface area contributed by atoms with Gasteiger partial charge in [-0.2, -0.15) is 4.31 Å². The van der Waals surface area contributed by atoms with Gasteiger partial charge in [0.05, 0.1) is 11.4 Å². The van der Waals surface area contributed by atoms with Crippen molar-refractivity contribution in [2.75, 3.05) is 6.54 Å². The standard InChI is InChI=1S/C22H31BN2O6S/c1-15(2)25(32(29,30)20-10-7-16(3)8-11-20)14-21(26)24-22(31-23(27)28)13-19-9-6-17(4)12-18(19)5/h6-12,15,22,27-28H,13-14H2,1-5H3,(H,24,26)/t22-/m1/s1. The van der Waals surface area contributed by atoms with E-state index in [1.165, 1.54) is 12.1 Å². The summed E-state index contributed by atoms with van der Waals surface area (Å²) in [6.45, 7) is 8.64. The van der Waals surface area contributed by atoms with E-state index in [-0.39, 0.29) is 11.3 Å². The Kier molecular flexibility index (Phi) is 9.00. The van der Waals surface area contributed by atoms with Crippen LogP contribution in [0.1, 0.15) is 36.1 Å². The highest BCUT2D eigenvalue weighted by molar-refractivity contribution is 7.89. The normalized spacial score (nSPS) is 12.8. The molecular formula is C22H31BN2O6S. The van der Waals surface area contributed by atoms with Gasteiger partial charge >= 0.3 is 7.32 Å². The fourth-order valence-corrected chi connectivity index (χ4v) is 4.91. The van der Waals surface area contributed by atoms with Gasteiger partial charge in [-0.25, -0.2) is 8.42 Å². The number of sulfonamides is 1. The predicted octanol–water partition coefficient (Wildman–Crippen LogP) is 1.68. The van der Waals surface area contributed by atoms with Crippen LogP contribution in [-0.2, 0) is 25.9 Å². The summed E-state index contributed by atoms with van der Waals surface area (Å²) in [6.07, 6.45) is -0.873. The van der Waals surface area contributed by atoms with E-state index in [4.69, 9.17) is 4.65 Å². The number of aryl methyl sites for hydroxylation is 3. The SMILES string of the molecule is Cc1ccc(S(=O)(=O)N(CC(=O)N[C@@H](Cc2ccc(C)cc2C)OB(O)O)C(C)C)cc1. The van der Waals surface area contributed by atoms with E-state index in [2.05, 4.69) is 5.32 Å². The molecule has 0 aliphatic heterocycles. The number of amides is 1. The van der Waals surface area contributed by atoms with Crippen LogP contribution >= 0.6 is 0 Å². The fourth-order valence-electron chi connectivity index (χ4n) is 3.31. The van der Waals surface area contributed by atoms with Gasteiger partial charge in [0.2, 0.25) is 15.9 Å². The summed E-state index contributed by atoms with van der Waals surface area (Å²) in [5.41, 5.74) is 3.82. The van der Waals surface area contributed by atoms with Gasteiger partial charge in [0.25, 0.3) is 0 Å². The average molecular weight is 462 g/mol. The van der Waals surface area contributed by atoms with Gasteiger partial charge in [-0.15, -0.1) is 0 Å². The number of carbonyl (C=O) groups excluding carboxylic acids is 1. The summed E-state index contributed by atoms with van der Waals surface area (Å²) in [7, 11) is -6.00. The van der Waals surface area contributed by atoms with Crippen molar-refractivity contribution in [1.29, 1.82) is 0 Å². The Bertz CT molecular complexity index is 1030. The molecular weight excluding hydrogens is 431 g/mol. The number of nitrogens with zero attached hydrogens (tertiary/aromatic N) is 1. The smallest absolute Gasteiger partial charge is 0.402 e. The minimum atomic E-state index is -3.91. The number of benzene rings is 2. The first-order valence-corrected chi connectivity index (χ1v) is 11.8. The first-order valence-electron chi connectivity index (χ1n) is 10.4. The Morgan fingerprint density at radius 3 is 2.19 bits per heavy atom. The van der Waals surface area contributed by atoms with Crippen molar-refractivity contribution in [2.45, 2.75) is 58.2 Å². The third-order valence-corrected chi connectivity index (χ3v) is 7.05. The van der Waals surface area contributed by atoms with Crippen LogP contribution in [0.2, 0.25) is 0 Å². The number of carbonyl (C=O) groups is 1. The molecule has 2 aromatic rings. The van der Waals surface area contributed by atoms with E-state index in [0.29, 0.717) is 0 Å². The molecule has 8 nitrogen and oxygen atoms in total. The molecule has 0 spiro atoms. The van der Waals surface area contributed by atoms with Crippen LogP contribution in [-0.4, -0.2) is 54.8 Å². The van der Waals surface area contributed by atoms with Gasteiger partial charge in [-0.05, 0) is 57.9 Å². The highest BCUT2D eigenvalue weighted by Crippen LogP contribution is 2.19. The minimum absolute atomic E-state index is 0.0958. The van der Waals surface area contributed by atoms with Crippen LogP contribution in [0.5, 0.6) is 0 Å². The second-order valence-corrected chi connectivity index (χ2v) is 10.0. The van der Waals surface area contributed by atoms with Crippen molar-refractivity contribution in [3.63, 3.8) is 0 Å². The maximum Gasteiger partial charge on any atom is 0.635 e. The van der Waals surface area contributed by atoms with Crippen molar-refractivity contribution in [1.82, 2.24) is 9.62 Å². The van der Waals surface area contributed by atoms with Gasteiger partial charge in [-0.3, -0.25) is 4.79 Å². The van der Waals surface area contributed by atoms with Gasteiger partial charge in [0.1, 0.15) is 6.23 Å². The quantitative estimate of drug-likeness (QED) is 0.366. The summed E-state index contributed by atoms with van der Waals surface area (Å²) >= 11 is 0. The second kappa shape index (κ2) is 11.1. The van der Waals surface area contributed by atoms with Gasteiger partial charge in [0.15, 0.2) is 0 Å². The van der Waals surface area contributed by atoms with E-state index >= 15 is 0 Å². The van der Waals surface area contributed by atoms with Crippen molar-refractivity contribution in [3.8, 4) is 0 Å². The van der Waals surface area contributed by atoms with E-state index in [0.717, 1.165) is 26.6 Å². The van der Waals surface area contributed by atoms with Crippen molar-refractivity contribution >= 4 is 23.3 Å². The minimum Gasteiger partial charge on any atom is -0.402 e. The topological polar surface area (TPSA) is 116 Å². The van der Waals surface area contributed by atoms with Crippen molar-refractivity contribution < 1.29 is 27.9 Å².